The molecule has 1 atom stereocenters. The molecular weight excluding hydrogens is 202 g/mol. The van der Waals surface area contributed by atoms with E-state index in [9.17, 15) is 4.79 Å². The van der Waals surface area contributed by atoms with Gasteiger partial charge in [-0.2, -0.15) is 11.8 Å². The van der Waals surface area contributed by atoms with Crippen LogP contribution in [0.3, 0.4) is 0 Å². The van der Waals surface area contributed by atoms with Gasteiger partial charge in [0, 0.05) is 18.6 Å². The highest BCUT2D eigenvalue weighted by Gasteiger charge is 2.25. The van der Waals surface area contributed by atoms with Crippen LogP contribution in [0.4, 0.5) is 0 Å². The average Bonchev–Trinajstić information content (AvgIpc) is 2.65. The summed E-state index contributed by atoms with van der Waals surface area (Å²) in [6, 6.07) is 0. The minimum Gasteiger partial charge on any atom is -0.368 e. The summed E-state index contributed by atoms with van der Waals surface area (Å²) in [7, 11) is 1.70. The standard InChI is InChI=1S/C8H11N3O2S/c1-11-6(4-9-10-11)8(12)7-5-14-3-2-13-7/h4,7H,2-3,5H2,1H3. The predicted octanol–water partition coefficient (Wildman–Crippen LogP) is 0.130. The van der Waals surface area contributed by atoms with Gasteiger partial charge in [-0.1, -0.05) is 5.21 Å². The van der Waals surface area contributed by atoms with Crippen molar-refractivity contribution >= 4 is 17.5 Å². The maximum absolute atomic E-state index is 11.8. The van der Waals surface area contributed by atoms with Gasteiger partial charge in [0.15, 0.2) is 0 Å². The summed E-state index contributed by atoms with van der Waals surface area (Å²) in [5.74, 6) is 1.67. The lowest BCUT2D eigenvalue weighted by molar-refractivity contribution is 0.0510. The van der Waals surface area contributed by atoms with Gasteiger partial charge in [0.05, 0.1) is 12.8 Å². The highest BCUT2D eigenvalue weighted by Crippen LogP contribution is 2.15. The molecule has 5 nitrogen and oxygen atoms in total. The summed E-state index contributed by atoms with van der Waals surface area (Å²) in [5, 5.41) is 7.38. The first-order valence-electron chi connectivity index (χ1n) is 4.37. The summed E-state index contributed by atoms with van der Waals surface area (Å²) >= 11 is 1.74. The number of Topliss-reactive ketones (excluding diaryl/α,β-unsaturated/α-hetero) is 1. The van der Waals surface area contributed by atoms with Crippen LogP contribution in [-0.2, 0) is 11.8 Å². The Bertz CT molecular complexity index is 333. The van der Waals surface area contributed by atoms with Gasteiger partial charge in [-0.3, -0.25) is 4.79 Å². The van der Waals surface area contributed by atoms with Crippen LogP contribution in [0.5, 0.6) is 0 Å². The van der Waals surface area contributed by atoms with Crippen molar-refractivity contribution in [3.63, 3.8) is 0 Å². The van der Waals surface area contributed by atoms with Gasteiger partial charge in [0.25, 0.3) is 0 Å². The Morgan fingerprint density at radius 3 is 3.21 bits per heavy atom. The van der Waals surface area contributed by atoms with Crippen LogP contribution in [0, 0.1) is 0 Å². The normalized spacial score (nSPS) is 22.2. The zero-order chi connectivity index (χ0) is 9.97. The van der Waals surface area contributed by atoms with Crippen molar-refractivity contribution in [2.75, 3.05) is 18.1 Å². The predicted molar refractivity (Wildman–Crippen MR) is 52.4 cm³/mol. The molecule has 2 rings (SSSR count). The third-order valence-electron chi connectivity index (χ3n) is 2.08. The van der Waals surface area contributed by atoms with Gasteiger partial charge in [0.1, 0.15) is 11.8 Å². The van der Waals surface area contributed by atoms with E-state index in [-0.39, 0.29) is 11.9 Å². The molecule has 0 bridgehead atoms. The maximum Gasteiger partial charge on any atom is 0.211 e. The Morgan fingerprint density at radius 1 is 1.79 bits per heavy atom. The molecule has 0 radical (unpaired) electrons. The molecule has 1 unspecified atom stereocenters. The first kappa shape index (κ1) is 9.67. The first-order valence-corrected chi connectivity index (χ1v) is 5.53. The van der Waals surface area contributed by atoms with Crippen molar-refractivity contribution in [2.45, 2.75) is 6.10 Å². The van der Waals surface area contributed by atoms with E-state index in [1.807, 2.05) is 0 Å². The van der Waals surface area contributed by atoms with Gasteiger partial charge >= 0.3 is 0 Å². The van der Waals surface area contributed by atoms with E-state index >= 15 is 0 Å². The summed E-state index contributed by atoms with van der Waals surface area (Å²) < 4.78 is 6.86. The zero-order valence-corrected chi connectivity index (χ0v) is 8.66. The SMILES string of the molecule is Cn1nncc1C(=O)C1CSCCO1. The molecule has 1 aromatic heterocycles. The Morgan fingerprint density at radius 2 is 2.64 bits per heavy atom. The van der Waals surface area contributed by atoms with Gasteiger partial charge in [0.2, 0.25) is 5.78 Å². The van der Waals surface area contributed by atoms with E-state index in [1.54, 1.807) is 18.8 Å². The lowest BCUT2D eigenvalue weighted by atomic mass is 10.2. The molecule has 2 heterocycles. The zero-order valence-electron chi connectivity index (χ0n) is 7.84. The molecule has 0 aromatic carbocycles. The van der Waals surface area contributed by atoms with Crippen LogP contribution < -0.4 is 0 Å². The number of carbonyl (C=O) groups excluding carboxylic acids is 1. The number of aryl methyl sites for hydroxylation is 1. The van der Waals surface area contributed by atoms with E-state index in [0.29, 0.717) is 12.3 Å². The van der Waals surface area contributed by atoms with E-state index < -0.39 is 0 Å². The van der Waals surface area contributed by atoms with Gasteiger partial charge in [-0.15, -0.1) is 5.10 Å². The molecule has 1 aliphatic rings. The average molecular weight is 213 g/mol. The number of hydrogen-bond donors (Lipinski definition) is 0. The Balaban J connectivity index is 2.11. The number of nitrogens with zero attached hydrogens (tertiary/aromatic N) is 3. The molecule has 0 spiro atoms. The minimum absolute atomic E-state index is 0.0234. The molecule has 0 N–H and O–H groups in total. The Kier molecular flexibility index (Phi) is 2.83. The van der Waals surface area contributed by atoms with E-state index in [4.69, 9.17) is 4.74 Å². The molecular formula is C8H11N3O2S. The number of ketones is 1. The quantitative estimate of drug-likeness (QED) is 0.654. The molecule has 1 fully saturated rings. The summed E-state index contributed by atoms with van der Waals surface area (Å²) in [6.07, 6.45) is 1.15. The van der Waals surface area contributed by atoms with Crippen LogP contribution in [0.2, 0.25) is 0 Å². The lowest BCUT2D eigenvalue weighted by Crippen LogP contribution is -2.32. The third-order valence-corrected chi connectivity index (χ3v) is 3.07. The van der Waals surface area contributed by atoms with Gasteiger partial charge in [-0.05, 0) is 0 Å². The van der Waals surface area contributed by atoms with Crippen molar-refractivity contribution in [2.24, 2.45) is 7.05 Å². The number of carbonyl (C=O) groups is 1. The molecule has 0 aliphatic carbocycles. The topological polar surface area (TPSA) is 57.0 Å². The Labute approximate surface area is 85.8 Å². The molecule has 6 heteroatoms. The number of hydrogen-bond acceptors (Lipinski definition) is 5. The highest BCUT2D eigenvalue weighted by atomic mass is 32.2. The van der Waals surface area contributed by atoms with Crippen LogP contribution >= 0.6 is 11.8 Å². The van der Waals surface area contributed by atoms with Crippen molar-refractivity contribution in [3.8, 4) is 0 Å². The van der Waals surface area contributed by atoms with Crippen molar-refractivity contribution in [1.82, 2.24) is 15.0 Å². The molecule has 1 aromatic rings. The van der Waals surface area contributed by atoms with Crippen molar-refractivity contribution in [1.29, 1.82) is 0 Å². The van der Waals surface area contributed by atoms with E-state index in [2.05, 4.69) is 10.3 Å². The molecule has 1 aliphatic heterocycles. The smallest absolute Gasteiger partial charge is 0.211 e. The van der Waals surface area contributed by atoms with Crippen molar-refractivity contribution in [3.05, 3.63) is 11.9 Å². The maximum atomic E-state index is 11.8. The van der Waals surface area contributed by atoms with Crippen LogP contribution in [0.15, 0.2) is 6.20 Å². The monoisotopic (exact) mass is 213 g/mol. The van der Waals surface area contributed by atoms with Crippen LogP contribution in [0.1, 0.15) is 10.5 Å². The molecule has 14 heavy (non-hydrogen) atoms. The summed E-state index contributed by atoms with van der Waals surface area (Å²) in [6.45, 7) is 0.645. The second kappa shape index (κ2) is 4.10. The fourth-order valence-electron chi connectivity index (χ4n) is 1.32. The Hall–Kier alpha value is -0.880. The summed E-state index contributed by atoms with van der Waals surface area (Å²) in [5.41, 5.74) is 0.512. The van der Waals surface area contributed by atoms with Gasteiger partial charge < -0.3 is 4.74 Å². The van der Waals surface area contributed by atoms with Crippen LogP contribution in [-0.4, -0.2) is 45.0 Å². The van der Waals surface area contributed by atoms with Crippen molar-refractivity contribution < 1.29 is 9.53 Å². The number of aromatic nitrogens is 3. The molecule has 1 saturated heterocycles. The van der Waals surface area contributed by atoms with E-state index in [0.717, 1.165) is 11.5 Å². The first-order chi connectivity index (χ1) is 6.79. The number of rotatable bonds is 2. The largest absolute Gasteiger partial charge is 0.368 e. The minimum atomic E-state index is -0.328. The second-order valence-electron chi connectivity index (χ2n) is 3.04. The van der Waals surface area contributed by atoms with E-state index in [1.165, 1.54) is 10.9 Å². The molecule has 0 amide bonds. The third kappa shape index (κ3) is 1.80. The highest BCUT2D eigenvalue weighted by molar-refractivity contribution is 7.99. The summed E-state index contributed by atoms with van der Waals surface area (Å²) in [4.78, 5) is 11.8. The molecule has 0 saturated carbocycles. The fourth-order valence-corrected chi connectivity index (χ4v) is 2.16. The number of thioether (sulfide) groups is 1. The van der Waals surface area contributed by atoms with Gasteiger partial charge in [-0.25, -0.2) is 4.68 Å². The molecule has 76 valence electrons. The lowest BCUT2D eigenvalue weighted by Gasteiger charge is -2.20. The fraction of sp³-hybridized carbons (Fsp3) is 0.625. The second-order valence-corrected chi connectivity index (χ2v) is 4.19. The van der Waals surface area contributed by atoms with Crippen LogP contribution in [0.25, 0.3) is 0 Å². The number of ether oxygens (including phenoxy) is 1.